The van der Waals surface area contributed by atoms with Gasteiger partial charge in [0.15, 0.2) is 0 Å². The second kappa shape index (κ2) is 6.06. The lowest BCUT2D eigenvalue weighted by atomic mass is 9.86. The molecule has 0 unspecified atom stereocenters. The van der Waals surface area contributed by atoms with Gasteiger partial charge in [0.25, 0.3) is 0 Å². The minimum Gasteiger partial charge on any atom is -0.494 e. The van der Waals surface area contributed by atoms with E-state index in [9.17, 15) is 5.11 Å². The maximum Gasteiger partial charge on any atom is 0.119 e. The highest BCUT2D eigenvalue weighted by molar-refractivity contribution is 5.37. The molecule has 0 aliphatic carbocycles. The van der Waals surface area contributed by atoms with E-state index in [0.717, 1.165) is 30.8 Å². The molecule has 0 bridgehead atoms. The Balaban J connectivity index is 2.89. The molecule has 0 radical (unpaired) electrons. The van der Waals surface area contributed by atoms with E-state index >= 15 is 0 Å². The van der Waals surface area contributed by atoms with Crippen molar-refractivity contribution in [1.29, 1.82) is 0 Å². The van der Waals surface area contributed by atoms with Crippen molar-refractivity contribution in [3.05, 3.63) is 29.3 Å². The van der Waals surface area contributed by atoms with Crippen LogP contribution in [0.25, 0.3) is 0 Å². The van der Waals surface area contributed by atoms with Gasteiger partial charge in [-0.2, -0.15) is 0 Å². The Bertz CT molecular complexity index is 350. The van der Waals surface area contributed by atoms with Crippen LogP contribution in [-0.4, -0.2) is 11.7 Å². The summed E-state index contributed by atoms with van der Waals surface area (Å²) in [5.74, 6) is 0.870. The van der Waals surface area contributed by atoms with Gasteiger partial charge in [-0.15, -0.1) is 0 Å². The van der Waals surface area contributed by atoms with Crippen LogP contribution in [0.4, 0.5) is 0 Å². The van der Waals surface area contributed by atoms with E-state index in [1.54, 1.807) is 0 Å². The maximum absolute atomic E-state index is 9.27. The summed E-state index contributed by atoms with van der Waals surface area (Å²) in [6, 6.07) is 6.05. The molecule has 0 aliphatic heterocycles. The summed E-state index contributed by atoms with van der Waals surface area (Å²) in [6.07, 6.45) is 2.19. The van der Waals surface area contributed by atoms with E-state index in [1.165, 1.54) is 5.56 Å². The number of hydrogen-bond donors (Lipinski definition) is 1. The lowest BCUT2D eigenvalue weighted by Gasteiger charge is -2.21. The first-order chi connectivity index (χ1) is 7.97. The van der Waals surface area contributed by atoms with Crippen LogP contribution in [0.3, 0.4) is 0 Å². The summed E-state index contributed by atoms with van der Waals surface area (Å²) in [5.41, 5.74) is 2.20. The molecule has 0 aromatic heterocycles. The van der Waals surface area contributed by atoms with E-state index in [-0.39, 0.29) is 12.0 Å². The van der Waals surface area contributed by atoms with Crippen molar-refractivity contribution in [2.75, 3.05) is 6.61 Å². The lowest BCUT2D eigenvalue weighted by molar-refractivity contribution is 0.278. The Kier molecular flexibility index (Phi) is 5.01. The van der Waals surface area contributed by atoms with Gasteiger partial charge in [-0.1, -0.05) is 40.2 Å². The van der Waals surface area contributed by atoms with Crippen LogP contribution in [0.15, 0.2) is 18.2 Å². The molecule has 1 aromatic rings. The van der Waals surface area contributed by atoms with Crippen molar-refractivity contribution < 1.29 is 9.84 Å². The first kappa shape index (κ1) is 14.0. The highest BCUT2D eigenvalue weighted by atomic mass is 16.5. The quantitative estimate of drug-likeness (QED) is 0.791. The third-order valence-corrected chi connectivity index (χ3v) is 2.78. The van der Waals surface area contributed by atoms with Crippen molar-refractivity contribution >= 4 is 0 Å². The summed E-state index contributed by atoms with van der Waals surface area (Å²) in [7, 11) is 0. The minimum absolute atomic E-state index is 0.0635. The molecule has 0 heterocycles. The standard InChI is InChI=1S/C15H24O2/c1-5-6-7-17-14-9-12(11-16)8-13(10-14)15(2,3)4/h8-10,16H,5-7,11H2,1-4H3. The Morgan fingerprint density at radius 3 is 2.41 bits per heavy atom. The van der Waals surface area contributed by atoms with Crippen LogP contribution >= 0.6 is 0 Å². The van der Waals surface area contributed by atoms with Crippen LogP contribution in [0, 0.1) is 0 Å². The molecular formula is C15H24O2. The summed E-state index contributed by atoms with van der Waals surface area (Å²) >= 11 is 0. The van der Waals surface area contributed by atoms with E-state index < -0.39 is 0 Å². The Morgan fingerprint density at radius 2 is 1.88 bits per heavy atom. The average molecular weight is 236 g/mol. The Labute approximate surface area is 105 Å². The van der Waals surface area contributed by atoms with E-state index in [4.69, 9.17) is 4.74 Å². The second-order valence-electron chi connectivity index (χ2n) is 5.48. The SMILES string of the molecule is CCCCOc1cc(CO)cc(C(C)(C)C)c1. The van der Waals surface area contributed by atoms with Gasteiger partial charge < -0.3 is 9.84 Å². The van der Waals surface area contributed by atoms with Gasteiger partial charge in [-0.05, 0) is 35.1 Å². The number of aliphatic hydroxyl groups excluding tert-OH is 1. The van der Waals surface area contributed by atoms with Gasteiger partial charge in [-0.3, -0.25) is 0 Å². The third-order valence-electron chi connectivity index (χ3n) is 2.78. The van der Waals surface area contributed by atoms with Gasteiger partial charge in [0.05, 0.1) is 13.2 Å². The Hall–Kier alpha value is -1.02. The molecule has 0 saturated heterocycles. The monoisotopic (exact) mass is 236 g/mol. The molecule has 17 heavy (non-hydrogen) atoms. The number of rotatable bonds is 5. The fourth-order valence-corrected chi connectivity index (χ4v) is 1.60. The molecular weight excluding hydrogens is 212 g/mol. The third kappa shape index (κ3) is 4.39. The second-order valence-corrected chi connectivity index (χ2v) is 5.48. The van der Waals surface area contributed by atoms with Crippen molar-refractivity contribution in [2.24, 2.45) is 0 Å². The number of aliphatic hydroxyl groups is 1. The molecule has 0 atom stereocenters. The molecule has 0 spiro atoms. The molecule has 96 valence electrons. The fourth-order valence-electron chi connectivity index (χ4n) is 1.60. The first-order valence-corrected chi connectivity index (χ1v) is 6.35. The molecule has 1 N–H and O–H groups in total. The topological polar surface area (TPSA) is 29.5 Å². The Morgan fingerprint density at radius 1 is 1.18 bits per heavy atom. The number of benzene rings is 1. The normalized spacial score (nSPS) is 11.6. The van der Waals surface area contributed by atoms with Crippen LogP contribution in [-0.2, 0) is 12.0 Å². The first-order valence-electron chi connectivity index (χ1n) is 6.35. The van der Waals surface area contributed by atoms with Crippen molar-refractivity contribution in [1.82, 2.24) is 0 Å². The van der Waals surface area contributed by atoms with Crippen molar-refractivity contribution in [2.45, 2.75) is 52.6 Å². The maximum atomic E-state index is 9.27. The summed E-state index contributed by atoms with van der Waals surface area (Å²) < 4.78 is 5.71. The zero-order chi connectivity index (χ0) is 12.9. The summed E-state index contributed by atoms with van der Waals surface area (Å²) in [4.78, 5) is 0. The molecule has 1 rings (SSSR count). The molecule has 2 heteroatoms. The van der Waals surface area contributed by atoms with E-state index in [1.807, 2.05) is 12.1 Å². The number of ether oxygens (including phenoxy) is 1. The van der Waals surface area contributed by atoms with Gasteiger partial charge >= 0.3 is 0 Å². The summed E-state index contributed by atoms with van der Waals surface area (Å²) in [6.45, 7) is 9.45. The van der Waals surface area contributed by atoms with Gasteiger partial charge in [0.2, 0.25) is 0 Å². The molecule has 1 aromatic carbocycles. The van der Waals surface area contributed by atoms with Gasteiger partial charge in [-0.25, -0.2) is 0 Å². The van der Waals surface area contributed by atoms with Crippen molar-refractivity contribution in [3.63, 3.8) is 0 Å². The molecule has 0 aliphatic rings. The minimum atomic E-state index is 0.0635. The number of unbranched alkanes of at least 4 members (excludes halogenated alkanes) is 1. The highest BCUT2D eigenvalue weighted by Crippen LogP contribution is 2.27. The largest absolute Gasteiger partial charge is 0.494 e. The van der Waals surface area contributed by atoms with Crippen LogP contribution in [0.2, 0.25) is 0 Å². The smallest absolute Gasteiger partial charge is 0.119 e. The summed E-state index contributed by atoms with van der Waals surface area (Å²) in [5, 5.41) is 9.27. The van der Waals surface area contributed by atoms with Crippen molar-refractivity contribution in [3.8, 4) is 5.75 Å². The van der Waals surface area contributed by atoms with E-state index in [2.05, 4.69) is 33.8 Å². The van der Waals surface area contributed by atoms with Crippen LogP contribution < -0.4 is 4.74 Å². The predicted octanol–water partition coefficient (Wildman–Crippen LogP) is 3.66. The highest BCUT2D eigenvalue weighted by Gasteiger charge is 2.15. The van der Waals surface area contributed by atoms with Crippen LogP contribution in [0.5, 0.6) is 5.75 Å². The zero-order valence-electron chi connectivity index (χ0n) is 11.4. The van der Waals surface area contributed by atoms with Crippen LogP contribution in [0.1, 0.15) is 51.7 Å². The molecule has 2 nitrogen and oxygen atoms in total. The van der Waals surface area contributed by atoms with Gasteiger partial charge in [0, 0.05) is 0 Å². The van der Waals surface area contributed by atoms with E-state index in [0.29, 0.717) is 0 Å². The zero-order valence-corrected chi connectivity index (χ0v) is 11.4. The lowest BCUT2D eigenvalue weighted by Crippen LogP contribution is -2.12. The number of hydrogen-bond acceptors (Lipinski definition) is 2. The predicted molar refractivity (Wildman–Crippen MR) is 71.5 cm³/mol. The average Bonchev–Trinajstić information content (AvgIpc) is 2.28. The fraction of sp³-hybridized carbons (Fsp3) is 0.600. The molecule has 0 fully saturated rings. The van der Waals surface area contributed by atoms with Gasteiger partial charge in [0.1, 0.15) is 5.75 Å². The molecule has 0 amide bonds. The molecule has 0 saturated carbocycles.